The van der Waals surface area contributed by atoms with Crippen LogP contribution >= 0.6 is 11.6 Å². The van der Waals surface area contributed by atoms with Crippen LogP contribution in [-0.4, -0.2) is 11.2 Å². The molecule has 3 heteroatoms. The summed E-state index contributed by atoms with van der Waals surface area (Å²) >= 11 is 6.05. The van der Waals surface area contributed by atoms with Gasteiger partial charge in [-0.15, -0.1) is 0 Å². The van der Waals surface area contributed by atoms with Crippen LogP contribution in [0, 0.1) is 13.8 Å². The fourth-order valence-corrected chi connectivity index (χ4v) is 1.90. The second-order valence-corrected chi connectivity index (χ2v) is 4.58. The number of rotatable bonds is 1. The van der Waals surface area contributed by atoms with E-state index in [1.165, 1.54) is 16.7 Å². The van der Waals surface area contributed by atoms with Crippen LogP contribution in [0.15, 0.2) is 21.8 Å². The molecule has 0 aromatic carbocycles. The monoisotopic (exact) mass is 234 g/mol. The smallest absolute Gasteiger partial charge is 0.109 e. The van der Waals surface area contributed by atoms with Crippen molar-refractivity contribution in [2.45, 2.75) is 27.7 Å². The number of aromatic amines is 1. The summed E-state index contributed by atoms with van der Waals surface area (Å²) in [6.07, 6.45) is 3.95. The minimum atomic E-state index is 0.713. The van der Waals surface area contributed by atoms with Gasteiger partial charge in [-0.1, -0.05) is 11.6 Å². The van der Waals surface area contributed by atoms with Crippen molar-refractivity contribution in [2.24, 2.45) is 4.99 Å². The number of nitrogens with one attached hydrogen (secondary N) is 1. The molecule has 2 heterocycles. The predicted molar refractivity (Wildman–Crippen MR) is 70.1 cm³/mol. The van der Waals surface area contributed by atoms with Crippen LogP contribution in [0.1, 0.15) is 30.7 Å². The number of aliphatic imine (C=N–C) groups is 1. The first-order valence-electron chi connectivity index (χ1n) is 5.29. The van der Waals surface area contributed by atoms with Crippen molar-refractivity contribution in [1.82, 2.24) is 4.98 Å². The molecule has 0 aliphatic carbocycles. The Kier molecular flexibility index (Phi) is 2.76. The second kappa shape index (κ2) is 3.95. The third-order valence-corrected chi connectivity index (χ3v) is 3.57. The van der Waals surface area contributed by atoms with Crippen molar-refractivity contribution in [3.63, 3.8) is 0 Å². The Morgan fingerprint density at radius 1 is 1.19 bits per heavy atom. The molecule has 1 N–H and O–H groups in total. The van der Waals surface area contributed by atoms with Gasteiger partial charge in [0.15, 0.2) is 0 Å². The predicted octanol–water partition coefficient (Wildman–Crippen LogP) is 4.05. The molecule has 84 valence electrons. The first-order valence-corrected chi connectivity index (χ1v) is 5.66. The van der Waals surface area contributed by atoms with Gasteiger partial charge < -0.3 is 4.98 Å². The molecule has 0 saturated carbocycles. The van der Waals surface area contributed by atoms with E-state index < -0.39 is 0 Å². The largest absolute Gasteiger partial charge is 0.346 e. The van der Waals surface area contributed by atoms with Crippen LogP contribution in [0.2, 0.25) is 5.15 Å². The van der Waals surface area contributed by atoms with Gasteiger partial charge in [-0.3, -0.25) is 4.99 Å². The lowest BCUT2D eigenvalue weighted by molar-refractivity contribution is 1.29. The maximum absolute atomic E-state index is 6.05. The molecule has 0 amide bonds. The van der Waals surface area contributed by atoms with Crippen LogP contribution in [0.25, 0.3) is 6.08 Å². The van der Waals surface area contributed by atoms with E-state index in [0.717, 1.165) is 17.0 Å². The van der Waals surface area contributed by atoms with Crippen LogP contribution in [0.5, 0.6) is 0 Å². The summed E-state index contributed by atoms with van der Waals surface area (Å²) in [5.74, 6) is 0. The molecule has 0 radical (unpaired) electrons. The number of hydrogen-bond donors (Lipinski definition) is 1. The van der Waals surface area contributed by atoms with Crippen molar-refractivity contribution in [3.05, 3.63) is 38.8 Å². The average Bonchev–Trinajstić information content (AvgIpc) is 2.68. The number of nitrogens with zero attached hydrogens (tertiary/aromatic N) is 1. The standard InChI is InChI=1S/C13H15ClN2/c1-7-6-15-11(8(7)2)5-12-9(3)10(4)13(14)16-12/h5-6,16H,1-4H3/b11-5-. The maximum atomic E-state index is 6.05. The van der Waals surface area contributed by atoms with E-state index in [-0.39, 0.29) is 0 Å². The topological polar surface area (TPSA) is 28.1 Å². The summed E-state index contributed by atoms with van der Waals surface area (Å²) in [7, 11) is 0. The first kappa shape index (κ1) is 11.2. The lowest BCUT2D eigenvalue weighted by Gasteiger charge is -1.98. The van der Waals surface area contributed by atoms with E-state index in [2.05, 4.69) is 36.8 Å². The van der Waals surface area contributed by atoms with Crippen LogP contribution < -0.4 is 0 Å². The Morgan fingerprint density at radius 3 is 2.31 bits per heavy atom. The van der Waals surface area contributed by atoms with E-state index >= 15 is 0 Å². The summed E-state index contributed by atoms with van der Waals surface area (Å²) in [5, 5.41) is 0.713. The van der Waals surface area contributed by atoms with Gasteiger partial charge in [-0.05, 0) is 56.0 Å². The normalized spacial score (nSPS) is 17.9. The van der Waals surface area contributed by atoms with Gasteiger partial charge in [0, 0.05) is 11.9 Å². The minimum absolute atomic E-state index is 0.713. The van der Waals surface area contributed by atoms with E-state index in [9.17, 15) is 0 Å². The highest BCUT2D eigenvalue weighted by Crippen LogP contribution is 2.27. The third-order valence-electron chi connectivity index (χ3n) is 3.19. The molecule has 16 heavy (non-hydrogen) atoms. The fourth-order valence-electron chi connectivity index (χ4n) is 1.66. The highest BCUT2D eigenvalue weighted by molar-refractivity contribution is 6.30. The minimum Gasteiger partial charge on any atom is -0.346 e. The zero-order valence-electron chi connectivity index (χ0n) is 9.98. The van der Waals surface area contributed by atoms with Gasteiger partial charge >= 0.3 is 0 Å². The van der Waals surface area contributed by atoms with Gasteiger partial charge in [0.05, 0.1) is 5.70 Å². The summed E-state index contributed by atoms with van der Waals surface area (Å²) in [4.78, 5) is 7.54. The molecule has 0 spiro atoms. The van der Waals surface area contributed by atoms with Gasteiger partial charge in [0.1, 0.15) is 5.15 Å². The zero-order chi connectivity index (χ0) is 11.9. The summed E-state index contributed by atoms with van der Waals surface area (Å²) in [5.41, 5.74) is 6.79. The Balaban J connectivity index is 2.46. The highest BCUT2D eigenvalue weighted by atomic mass is 35.5. The SMILES string of the molecule is CC1=C(C)/C(=C/c2[nH]c(Cl)c(C)c2C)N=C1. The molecular formula is C13H15ClN2. The molecule has 1 aliphatic heterocycles. The number of allylic oxidation sites excluding steroid dienone is 2. The second-order valence-electron chi connectivity index (χ2n) is 4.20. The van der Waals surface area contributed by atoms with E-state index in [4.69, 9.17) is 11.6 Å². The maximum Gasteiger partial charge on any atom is 0.109 e. The summed E-state index contributed by atoms with van der Waals surface area (Å²) in [6, 6.07) is 0. The molecule has 0 fully saturated rings. The number of halogens is 1. The van der Waals surface area contributed by atoms with Gasteiger partial charge in [-0.2, -0.15) is 0 Å². The van der Waals surface area contributed by atoms with Crippen molar-refractivity contribution >= 4 is 23.9 Å². The van der Waals surface area contributed by atoms with Crippen molar-refractivity contribution < 1.29 is 0 Å². The quantitative estimate of drug-likeness (QED) is 0.760. The lowest BCUT2D eigenvalue weighted by Crippen LogP contribution is -1.82. The molecule has 0 atom stereocenters. The van der Waals surface area contributed by atoms with Crippen molar-refractivity contribution in [1.29, 1.82) is 0 Å². The van der Waals surface area contributed by atoms with Crippen molar-refractivity contribution in [3.8, 4) is 0 Å². The number of aromatic nitrogens is 1. The van der Waals surface area contributed by atoms with E-state index in [1.54, 1.807) is 0 Å². The Hall–Kier alpha value is -1.28. The molecule has 0 saturated heterocycles. The van der Waals surface area contributed by atoms with Crippen LogP contribution in [0.3, 0.4) is 0 Å². The Bertz CT molecular complexity index is 530. The van der Waals surface area contributed by atoms with Gasteiger partial charge in [0.25, 0.3) is 0 Å². The zero-order valence-corrected chi connectivity index (χ0v) is 10.7. The average molecular weight is 235 g/mol. The molecule has 0 unspecified atom stereocenters. The van der Waals surface area contributed by atoms with Crippen LogP contribution in [-0.2, 0) is 0 Å². The molecule has 2 rings (SSSR count). The Labute approximate surface area is 101 Å². The summed E-state index contributed by atoms with van der Waals surface area (Å²) < 4.78 is 0. The van der Waals surface area contributed by atoms with E-state index in [0.29, 0.717) is 5.15 Å². The highest BCUT2D eigenvalue weighted by Gasteiger charge is 2.11. The Morgan fingerprint density at radius 2 is 1.88 bits per heavy atom. The van der Waals surface area contributed by atoms with Crippen molar-refractivity contribution in [2.75, 3.05) is 0 Å². The molecular weight excluding hydrogens is 220 g/mol. The lowest BCUT2D eigenvalue weighted by atomic mass is 10.1. The molecule has 0 bridgehead atoms. The van der Waals surface area contributed by atoms with Crippen LogP contribution in [0.4, 0.5) is 0 Å². The number of H-pyrrole nitrogens is 1. The number of hydrogen-bond acceptors (Lipinski definition) is 1. The molecule has 1 aromatic rings. The molecule has 1 aliphatic rings. The molecule has 2 nitrogen and oxygen atoms in total. The summed E-state index contributed by atoms with van der Waals surface area (Å²) in [6.45, 7) is 8.23. The first-order chi connectivity index (χ1) is 7.50. The van der Waals surface area contributed by atoms with Gasteiger partial charge in [0.2, 0.25) is 0 Å². The fraction of sp³-hybridized carbons (Fsp3) is 0.308. The third kappa shape index (κ3) is 1.74. The molecule has 1 aromatic heterocycles. The van der Waals surface area contributed by atoms with Gasteiger partial charge in [-0.25, -0.2) is 0 Å². The van der Waals surface area contributed by atoms with E-state index in [1.807, 2.05) is 13.1 Å².